The third-order valence-electron chi connectivity index (χ3n) is 9.94. The van der Waals surface area contributed by atoms with Crippen LogP contribution >= 0.6 is 8.73 Å². The van der Waals surface area contributed by atoms with Crippen molar-refractivity contribution < 1.29 is 31.1 Å². The summed E-state index contributed by atoms with van der Waals surface area (Å²) in [7, 11) is 3.12. The highest BCUT2D eigenvalue weighted by Gasteiger charge is 2.40. The molecule has 1 saturated heterocycles. The number of nitrogens with two attached hydrogens (primary N) is 1. The van der Waals surface area contributed by atoms with Crippen LogP contribution in [0.1, 0.15) is 150 Å². The van der Waals surface area contributed by atoms with E-state index in [1.54, 1.807) is 5.57 Å². The summed E-state index contributed by atoms with van der Waals surface area (Å²) in [6.07, 6.45) is 8.03. The molecule has 2 fully saturated rings. The standard InChI is InChI=1S/C23H40N3OP.C9H7F6N.C9H16.2C2H6/c1-5-9-19(2)10-8-11-20(3)28-26-16-14-21(15-17-26)25(4)23-13-7-6-12-22(23)24-18-27;1-4-2-5(8(10,11)12)7(16)6(3-4)9(13,14)15;1-3-4-5-6-9-7-8(9)2;2*1-2/h6-7,12-13,18-21,28H,5,8-11,14-17H2,1-4H3,(H,24,27);2-3H,16H2,1H3;6,8H,3-5,7H2,1-2H3;2*1-2H3/b;;9-6-;;. The molecule has 2 aliphatic rings. The lowest BCUT2D eigenvalue weighted by atomic mass is 9.99. The summed E-state index contributed by atoms with van der Waals surface area (Å²) >= 11 is 0. The SMILES string of the molecule is CC.CC.CCCC(C)CCCC(C)PN1CCC(N(C)c2ccccc2NC=O)CC1.CCCC/C=C1/CC1C.Cc1cc(C(F)(F)F)c(N)c(C(F)(F)F)c1. The van der Waals surface area contributed by atoms with Crippen molar-refractivity contribution in [2.45, 2.75) is 164 Å². The zero-order valence-corrected chi connectivity index (χ0v) is 37.8. The number of hydrogen-bond acceptors (Lipinski definition) is 4. The molecule has 12 heteroatoms. The van der Waals surface area contributed by atoms with E-state index in [1.807, 2.05) is 45.9 Å². The minimum Gasteiger partial charge on any atom is -0.398 e. The second kappa shape index (κ2) is 28.6. The first-order chi connectivity index (χ1) is 26.9. The normalized spacial score (nSPS) is 17.4. The van der Waals surface area contributed by atoms with E-state index in [-0.39, 0.29) is 5.56 Å². The van der Waals surface area contributed by atoms with Gasteiger partial charge >= 0.3 is 12.4 Å². The number of rotatable bonds is 15. The maximum absolute atomic E-state index is 12.3. The number of benzene rings is 2. The number of halogens is 6. The highest BCUT2D eigenvalue weighted by molar-refractivity contribution is 7.36. The highest BCUT2D eigenvalue weighted by Crippen LogP contribution is 2.42. The van der Waals surface area contributed by atoms with Crippen molar-refractivity contribution >= 4 is 32.2 Å². The molecule has 1 aliphatic carbocycles. The van der Waals surface area contributed by atoms with E-state index in [2.05, 4.69) is 68.7 Å². The number of alkyl halides is 6. The van der Waals surface area contributed by atoms with Crippen molar-refractivity contribution in [1.82, 2.24) is 4.67 Å². The zero-order chi connectivity index (χ0) is 43.8. The molecule has 3 N–H and O–H groups in total. The number of carbonyl (C=O) groups is 1. The average Bonchev–Trinajstić information content (AvgIpc) is 3.88. The first-order valence-corrected chi connectivity index (χ1v) is 22.2. The molecule has 328 valence electrons. The molecule has 0 radical (unpaired) electrons. The Balaban J connectivity index is 0.000000904. The first-order valence-electron chi connectivity index (χ1n) is 21.2. The molecular weight excluding hydrogens is 757 g/mol. The van der Waals surface area contributed by atoms with Crippen molar-refractivity contribution in [1.29, 1.82) is 0 Å². The van der Waals surface area contributed by atoms with Gasteiger partial charge in [-0.25, -0.2) is 0 Å². The van der Waals surface area contributed by atoms with Gasteiger partial charge in [0.2, 0.25) is 6.41 Å². The van der Waals surface area contributed by atoms with Crippen molar-refractivity contribution in [3.63, 3.8) is 0 Å². The summed E-state index contributed by atoms with van der Waals surface area (Å²) in [5, 5.41) is 2.83. The van der Waals surface area contributed by atoms with Crippen LogP contribution in [0, 0.1) is 18.8 Å². The van der Waals surface area contributed by atoms with Gasteiger partial charge in [0.05, 0.1) is 28.2 Å². The Bertz CT molecular complexity index is 1370. The summed E-state index contributed by atoms with van der Waals surface area (Å²) in [5.41, 5.74) is 5.07. The zero-order valence-electron chi connectivity index (χ0n) is 36.8. The van der Waals surface area contributed by atoms with E-state index >= 15 is 0 Å². The lowest BCUT2D eigenvalue weighted by molar-refractivity contribution is -0.141. The highest BCUT2D eigenvalue weighted by atomic mass is 31.1. The first kappa shape index (κ1) is 54.2. The van der Waals surface area contributed by atoms with E-state index in [1.165, 1.54) is 83.7 Å². The van der Waals surface area contributed by atoms with E-state index < -0.39 is 29.2 Å². The van der Waals surface area contributed by atoms with Gasteiger partial charge in [-0.3, -0.25) is 9.46 Å². The summed E-state index contributed by atoms with van der Waals surface area (Å²) in [6.45, 7) is 23.2. The maximum Gasteiger partial charge on any atom is 0.418 e. The fraction of sp³-hybridized carbons (Fsp3) is 0.667. The third kappa shape index (κ3) is 21.2. The quantitative estimate of drug-likeness (QED) is 0.0469. The number of amides is 1. The number of unbranched alkanes of at least 4 members (excludes halogenated alkanes) is 2. The predicted octanol–water partition coefficient (Wildman–Crippen LogP) is 14.6. The fourth-order valence-electron chi connectivity index (χ4n) is 6.67. The van der Waals surface area contributed by atoms with Gasteiger partial charge in [0, 0.05) is 26.2 Å². The topological polar surface area (TPSA) is 61.6 Å². The van der Waals surface area contributed by atoms with Gasteiger partial charge in [-0.1, -0.05) is 125 Å². The molecule has 2 aromatic rings. The largest absolute Gasteiger partial charge is 0.418 e. The average molecular weight is 833 g/mol. The Kier molecular flexibility index (Phi) is 27.2. The van der Waals surface area contributed by atoms with E-state index in [0.717, 1.165) is 50.9 Å². The number of carbonyl (C=O) groups excluding carboxylic acids is 1. The molecule has 1 aliphatic heterocycles. The summed E-state index contributed by atoms with van der Waals surface area (Å²) in [5.74, 6) is 1.82. The summed E-state index contributed by atoms with van der Waals surface area (Å²) in [6, 6.07) is 9.80. The molecule has 0 spiro atoms. The number of anilines is 3. The number of hydrogen-bond donors (Lipinski definition) is 2. The van der Waals surface area contributed by atoms with E-state index in [9.17, 15) is 31.1 Å². The number of nitrogen functional groups attached to an aromatic ring is 1. The Morgan fingerprint density at radius 1 is 0.912 bits per heavy atom. The van der Waals surface area contributed by atoms with Crippen LogP contribution in [0.5, 0.6) is 0 Å². The van der Waals surface area contributed by atoms with Crippen molar-refractivity contribution in [2.24, 2.45) is 11.8 Å². The summed E-state index contributed by atoms with van der Waals surface area (Å²) in [4.78, 5) is 13.2. The second-order valence-electron chi connectivity index (χ2n) is 14.8. The Labute approximate surface area is 343 Å². The third-order valence-corrected chi connectivity index (χ3v) is 11.5. The Morgan fingerprint density at radius 3 is 1.93 bits per heavy atom. The van der Waals surface area contributed by atoms with E-state index in [4.69, 9.17) is 5.73 Å². The molecule has 57 heavy (non-hydrogen) atoms. The van der Waals surface area contributed by atoms with Crippen LogP contribution in [-0.4, -0.2) is 42.9 Å². The number of aryl methyl sites for hydroxylation is 1. The van der Waals surface area contributed by atoms with Crippen molar-refractivity contribution in [2.75, 3.05) is 36.1 Å². The fourth-order valence-corrected chi connectivity index (χ4v) is 8.14. The summed E-state index contributed by atoms with van der Waals surface area (Å²) < 4.78 is 76.8. The molecule has 4 rings (SSSR count). The maximum atomic E-state index is 12.3. The second-order valence-corrected chi connectivity index (χ2v) is 16.6. The van der Waals surface area contributed by atoms with Crippen LogP contribution in [0.25, 0.3) is 0 Å². The Morgan fingerprint density at radius 2 is 1.46 bits per heavy atom. The lowest BCUT2D eigenvalue weighted by Crippen LogP contribution is -2.41. The Hall–Kier alpha value is -2.78. The molecule has 1 saturated carbocycles. The van der Waals surface area contributed by atoms with Crippen molar-refractivity contribution in [3.8, 4) is 0 Å². The number of nitrogens with zero attached hydrogens (tertiary/aromatic N) is 2. The number of nitrogens with one attached hydrogen (secondary N) is 1. The minimum atomic E-state index is -4.89. The minimum absolute atomic E-state index is 0.145. The van der Waals surface area contributed by atoms with Crippen LogP contribution in [-0.2, 0) is 17.1 Å². The lowest BCUT2D eigenvalue weighted by Gasteiger charge is -2.39. The van der Waals surface area contributed by atoms with Gasteiger partial charge in [0.1, 0.15) is 0 Å². The molecule has 0 bridgehead atoms. The molecule has 1 amide bonds. The van der Waals surface area contributed by atoms with Crippen LogP contribution < -0.4 is 16.0 Å². The monoisotopic (exact) mass is 833 g/mol. The van der Waals surface area contributed by atoms with Gasteiger partial charge in [-0.2, -0.15) is 26.3 Å². The number of allylic oxidation sites excluding steroid dienone is 2. The van der Waals surface area contributed by atoms with Gasteiger partial charge in [0.15, 0.2) is 0 Å². The molecule has 0 aromatic heterocycles. The molecule has 1 heterocycles. The van der Waals surface area contributed by atoms with Crippen LogP contribution in [0.4, 0.5) is 43.4 Å². The molecule has 4 unspecified atom stereocenters. The van der Waals surface area contributed by atoms with Gasteiger partial charge < -0.3 is 16.0 Å². The number of piperidine rings is 1. The molecule has 4 atom stereocenters. The van der Waals surface area contributed by atoms with Crippen LogP contribution in [0.2, 0.25) is 0 Å². The van der Waals surface area contributed by atoms with Crippen LogP contribution in [0.3, 0.4) is 0 Å². The molecular formula is C45H75F6N4OP. The van der Waals surface area contributed by atoms with Crippen molar-refractivity contribution in [3.05, 3.63) is 64.7 Å². The number of para-hydroxylation sites is 2. The molecule has 2 aromatic carbocycles. The van der Waals surface area contributed by atoms with Gasteiger partial charge in [-0.05, 0) is 95.1 Å². The predicted molar refractivity (Wildman–Crippen MR) is 235 cm³/mol. The molecule has 5 nitrogen and oxygen atoms in total. The smallest absolute Gasteiger partial charge is 0.398 e. The van der Waals surface area contributed by atoms with Gasteiger partial charge in [0.25, 0.3) is 0 Å². The van der Waals surface area contributed by atoms with Crippen LogP contribution in [0.15, 0.2) is 48.0 Å². The van der Waals surface area contributed by atoms with E-state index in [0.29, 0.717) is 18.2 Å². The van der Waals surface area contributed by atoms with Gasteiger partial charge in [-0.15, -0.1) is 0 Å².